The van der Waals surface area contributed by atoms with E-state index in [0.29, 0.717) is 34.2 Å². The maximum Gasteiger partial charge on any atom is 0.412 e. The van der Waals surface area contributed by atoms with E-state index in [9.17, 15) is 9.90 Å². The number of ether oxygens (including phenoxy) is 2. The molecule has 2 heterocycles. The van der Waals surface area contributed by atoms with Gasteiger partial charge in [0.2, 0.25) is 0 Å². The summed E-state index contributed by atoms with van der Waals surface area (Å²) in [6.45, 7) is 5.06. The van der Waals surface area contributed by atoms with Crippen LogP contribution in [0.4, 0.5) is 10.5 Å². The number of carbonyl (C=O) groups excluding carboxylic acids is 1. The predicted molar refractivity (Wildman–Crippen MR) is 102 cm³/mol. The summed E-state index contributed by atoms with van der Waals surface area (Å²) in [6.07, 6.45) is 4.97. The highest BCUT2D eigenvalue weighted by Gasteiger charge is 2.27. The first-order chi connectivity index (χ1) is 12.8. The second kappa shape index (κ2) is 7.52. The van der Waals surface area contributed by atoms with E-state index in [1.54, 1.807) is 46.3 Å². The molecular formula is C20H25N3O4. The Kier molecular flexibility index (Phi) is 5.32. The van der Waals surface area contributed by atoms with Crippen LogP contribution < -0.4 is 10.1 Å². The Morgan fingerprint density at radius 3 is 2.67 bits per heavy atom. The van der Waals surface area contributed by atoms with Crippen LogP contribution in [0.2, 0.25) is 0 Å². The zero-order valence-electron chi connectivity index (χ0n) is 16.1. The van der Waals surface area contributed by atoms with E-state index in [2.05, 4.69) is 15.3 Å². The number of amides is 1. The first kappa shape index (κ1) is 19.1. The van der Waals surface area contributed by atoms with Gasteiger partial charge < -0.3 is 14.6 Å². The van der Waals surface area contributed by atoms with Crippen molar-refractivity contribution in [2.24, 2.45) is 0 Å². The summed E-state index contributed by atoms with van der Waals surface area (Å²) in [5, 5.41) is 12.6. The average Bonchev–Trinajstić information content (AvgIpc) is 3.44. The zero-order chi connectivity index (χ0) is 19.6. The van der Waals surface area contributed by atoms with Crippen molar-refractivity contribution in [1.29, 1.82) is 0 Å². The van der Waals surface area contributed by atoms with Gasteiger partial charge in [0, 0.05) is 35.6 Å². The molecule has 7 heteroatoms. The minimum Gasteiger partial charge on any atom is -0.496 e. The molecule has 2 aromatic rings. The SMILES string of the molecule is COc1cc(C2CC2)ncc1-c1nccc(NC(=O)OC(C)(C)C)c1CO. The number of methoxy groups -OCH3 is 1. The molecule has 0 radical (unpaired) electrons. The first-order valence-corrected chi connectivity index (χ1v) is 8.95. The molecule has 1 fully saturated rings. The van der Waals surface area contributed by atoms with Gasteiger partial charge in [-0.25, -0.2) is 4.79 Å². The van der Waals surface area contributed by atoms with Gasteiger partial charge in [-0.15, -0.1) is 0 Å². The van der Waals surface area contributed by atoms with E-state index in [1.165, 1.54) is 0 Å². The molecule has 0 saturated heterocycles. The van der Waals surface area contributed by atoms with Gasteiger partial charge in [0.1, 0.15) is 11.4 Å². The molecule has 3 rings (SSSR count). The summed E-state index contributed by atoms with van der Waals surface area (Å²) in [5.41, 5.74) is 2.47. The van der Waals surface area contributed by atoms with E-state index in [4.69, 9.17) is 9.47 Å². The lowest BCUT2D eigenvalue weighted by atomic mass is 10.0. The summed E-state index contributed by atoms with van der Waals surface area (Å²) >= 11 is 0. The highest BCUT2D eigenvalue weighted by Crippen LogP contribution is 2.42. The Morgan fingerprint density at radius 2 is 2.07 bits per heavy atom. The number of pyridine rings is 2. The molecule has 0 aromatic carbocycles. The van der Waals surface area contributed by atoms with Crippen molar-refractivity contribution in [3.05, 3.63) is 35.8 Å². The van der Waals surface area contributed by atoms with Crippen LogP contribution in [0.15, 0.2) is 24.5 Å². The normalized spacial score (nSPS) is 14.0. The number of aromatic nitrogens is 2. The van der Waals surface area contributed by atoms with Crippen LogP contribution in [-0.2, 0) is 11.3 Å². The number of nitrogens with zero attached hydrogens (tertiary/aromatic N) is 2. The summed E-state index contributed by atoms with van der Waals surface area (Å²) in [7, 11) is 1.59. The summed E-state index contributed by atoms with van der Waals surface area (Å²) in [4.78, 5) is 21.0. The van der Waals surface area contributed by atoms with Crippen LogP contribution >= 0.6 is 0 Å². The van der Waals surface area contributed by atoms with Crippen LogP contribution in [0.1, 0.15) is 50.8 Å². The van der Waals surface area contributed by atoms with Crippen LogP contribution in [0.25, 0.3) is 11.3 Å². The maximum atomic E-state index is 12.1. The topological polar surface area (TPSA) is 93.6 Å². The Balaban J connectivity index is 1.95. The van der Waals surface area contributed by atoms with Gasteiger partial charge in [0.25, 0.3) is 0 Å². The molecule has 2 N–H and O–H groups in total. The predicted octanol–water partition coefficient (Wildman–Crippen LogP) is 3.87. The molecule has 27 heavy (non-hydrogen) atoms. The van der Waals surface area contributed by atoms with Crippen molar-refractivity contribution in [1.82, 2.24) is 9.97 Å². The van der Waals surface area contributed by atoms with Crippen molar-refractivity contribution in [2.75, 3.05) is 12.4 Å². The number of aliphatic hydroxyl groups excluding tert-OH is 1. The Bertz CT molecular complexity index is 842. The monoisotopic (exact) mass is 371 g/mol. The van der Waals surface area contributed by atoms with Gasteiger partial charge in [0.15, 0.2) is 0 Å². The fraction of sp³-hybridized carbons (Fsp3) is 0.450. The van der Waals surface area contributed by atoms with E-state index in [0.717, 1.165) is 18.5 Å². The maximum absolute atomic E-state index is 12.1. The van der Waals surface area contributed by atoms with Gasteiger partial charge >= 0.3 is 6.09 Å². The third kappa shape index (κ3) is 4.54. The molecule has 1 aliphatic rings. The number of hydrogen-bond acceptors (Lipinski definition) is 6. The molecule has 0 unspecified atom stereocenters. The van der Waals surface area contributed by atoms with E-state index in [-0.39, 0.29) is 6.61 Å². The van der Waals surface area contributed by atoms with Gasteiger partial charge in [-0.1, -0.05) is 0 Å². The molecule has 1 saturated carbocycles. The smallest absolute Gasteiger partial charge is 0.412 e. The fourth-order valence-electron chi connectivity index (χ4n) is 2.82. The number of hydrogen-bond donors (Lipinski definition) is 2. The third-order valence-electron chi connectivity index (χ3n) is 4.21. The highest BCUT2D eigenvalue weighted by molar-refractivity contribution is 5.88. The minimum absolute atomic E-state index is 0.304. The molecule has 2 aromatic heterocycles. The van der Waals surface area contributed by atoms with Gasteiger partial charge in [-0.3, -0.25) is 15.3 Å². The third-order valence-corrected chi connectivity index (χ3v) is 4.21. The number of carbonyl (C=O) groups is 1. The lowest BCUT2D eigenvalue weighted by Crippen LogP contribution is -2.27. The molecule has 0 aliphatic heterocycles. The Labute approximate surface area is 158 Å². The van der Waals surface area contributed by atoms with Crippen LogP contribution in [0.5, 0.6) is 5.75 Å². The minimum atomic E-state index is -0.620. The second-order valence-electron chi connectivity index (χ2n) is 7.55. The number of anilines is 1. The number of aliphatic hydroxyl groups is 1. The van der Waals surface area contributed by atoms with Crippen LogP contribution in [-0.4, -0.2) is 33.9 Å². The standard InChI is InChI=1S/C20H25N3O4/c1-20(2,3)27-19(25)23-15-7-8-21-18(14(15)11-24)13-10-22-16(12-5-6-12)9-17(13)26-4/h7-10,12,24H,5-6,11H2,1-4H3,(H,21,23,25). The Morgan fingerprint density at radius 1 is 1.33 bits per heavy atom. The van der Waals surface area contributed by atoms with Crippen molar-refractivity contribution < 1.29 is 19.4 Å². The van der Waals surface area contributed by atoms with Gasteiger partial charge in [0.05, 0.1) is 30.7 Å². The van der Waals surface area contributed by atoms with E-state index < -0.39 is 11.7 Å². The molecule has 7 nitrogen and oxygen atoms in total. The quantitative estimate of drug-likeness (QED) is 0.829. The van der Waals surface area contributed by atoms with Crippen LogP contribution in [0, 0.1) is 0 Å². The lowest BCUT2D eigenvalue weighted by molar-refractivity contribution is 0.0635. The lowest BCUT2D eigenvalue weighted by Gasteiger charge is -2.21. The molecular weight excluding hydrogens is 346 g/mol. The first-order valence-electron chi connectivity index (χ1n) is 8.95. The summed E-state index contributed by atoms with van der Waals surface area (Å²) in [6, 6.07) is 3.54. The van der Waals surface area contributed by atoms with Gasteiger partial charge in [-0.05, 0) is 39.7 Å². The highest BCUT2D eigenvalue weighted by atomic mass is 16.6. The van der Waals surface area contributed by atoms with Gasteiger partial charge in [-0.2, -0.15) is 0 Å². The largest absolute Gasteiger partial charge is 0.496 e. The molecule has 0 spiro atoms. The van der Waals surface area contributed by atoms with E-state index >= 15 is 0 Å². The van der Waals surface area contributed by atoms with Crippen LogP contribution in [0.3, 0.4) is 0 Å². The average molecular weight is 371 g/mol. The molecule has 0 atom stereocenters. The molecule has 1 amide bonds. The molecule has 0 bridgehead atoms. The van der Waals surface area contributed by atoms with Crippen molar-refractivity contribution in [2.45, 2.75) is 51.7 Å². The van der Waals surface area contributed by atoms with E-state index in [1.807, 2.05) is 6.07 Å². The summed E-state index contributed by atoms with van der Waals surface area (Å²) < 4.78 is 10.8. The fourth-order valence-corrected chi connectivity index (χ4v) is 2.82. The Hall–Kier alpha value is -2.67. The van der Waals surface area contributed by atoms with Crippen molar-refractivity contribution >= 4 is 11.8 Å². The second-order valence-corrected chi connectivity index (χ2v) is 7.55. The van der Waals surface area contributed by atoms with Crippen molar-refractivity contribution in [3.8, 4) is 17.0 Å². The zero-order valence-corrected chi connectivity index (χ0v) is 16.1. The molecule has 144 valence electrons. The molecule has 1 aliphatic carbocycles. The number of rotatable bonds is 5. The van der Waals surface area contributed by atoms with Crippen molar-refractivity contribution in [3.63, 3.8) is 0 Å². The summed E-state index contributed by atoms with van der Waals surface area (Å²) in [5.74, 6) is 1.14. The number of nitrogens with one attached hydrogen (secondary N) is 1.